The molecule has 1 atom stereocenters. The van der Waals surface area contributed by atoms with Crippen molar-refractivity contribution in [1.29, 1.82) is 0 Å². The smallest absolute Gasteiger partial charge is 0.0994 e. The molecule has 0 aromatic heterocycles. The number of unbranched alkanes of at least 4 members (excludes halogenated alkanes) is 29. The lowest BCUT2D eigenvalue weighted by atomic mass is 10.0. The maximum Gasteiger partial charge on any atom is 0.0994 e. The van der Waals surface area contributed by atoms with Gasteiger partial charge >= 0.3 is 0 Å². The lowest BCUT2D eigenvalue weighted by Gasteiger charge is -2.20. The minimum absolute atomic E-state index is 0.532. The van der Waals surface area contributed by atoms with E-state index in [0.29, 0.717) is 6.04 Å². The van der Waals surface area contributed by atoms with Crippen molar-refractivity contribution in [3.8, 4) is 0 Å². The molecule has 256 valence electrons. The van der Waals surface area contributed by atoms with Crippen LogP contribution < -0.4 is 5.73 Å². The first-order valence-corrected chi connectivity index (χ1v) is 20.3. The van der Waals surface area contributed by atoms with Crippen LogP contribution in [0.5, 0.6) is 0 Å². The maximum absolute atomic E-state index is 5.95. The molecule has 3 nitrogen and oxygen atoms in total. The third-order valence-electron chi connectivity index (χ3n) is 9.92. The number of hydrogen-bond donors (Lipinski definition) is 1. The van der Waals surface area contributed by atoms with Crippen LogP contribution in [0.25, 0.3) is 0 Å². The molecule has 0 amide bonds. The molecule has 0 saturated heterocycles. The molecule has 3 heteroatoms. The molecule has 0 saturated carbocycles. The van der Waals surface area contributed by atoms with E-state index in [1.54, 1.807) is 0 Å². The van der Waals surface area contributed by atoms with E-state index >= 15 is 0 Å². The number of rotatable bonds is 35. The summed E-state index contributed by atoms with van der Waals surface area (Å²) >= 11 is 0. The Balaban J connectivity index is 1.93. The van der Waals surface area contributed by atoms with Crippen molar-refractivity contribution in [2.75, 3.05) is 19.6 Å². The van der Waals surface area contributed by atoms with Gasteiger partial charge in [0.05, 0.1) is 11.9 Å². The Labute approximate surface area is 272 Å². The summed E-state index contributed by atoms with van der Waals surface area (Å²) in [6.45, 7) is 7.49. The Kier molecular flexibility index (Phi) is 30.9. The molecular formula is C40H81N3. The molecule has 1 heterocycles. The van der Waals surface area contributed by atoms with Crippen molar-refractivity contribution in [1.82, 2.24) is 4.90 Å². The van der Waals surface area contributed by atoms with Crippen LogP contribution in [0.15, 0.2) is 4.99 Å². The Morgan fingerprint density at radius 3 is 1.16 bits per heavy atom. The molecule has 43 heavy (non-hydrogen) atoms. The van der Waals surface area contributed by atoms with Crippen molar-refractivity contribution in [3.63, 3.8) is 0 Å². The summed E-state index contributed by atoms with van der Waals surface area (Å²) in [7, 11) is 0. The van der Waals surface area contributed by atoms with Gasteiger partial charge in [0.2, 0.25) is 0 Å². The summed E-state index contributed by atoms with van der Waals surface area (Å²) in [6, 6.07) is 0.532. The average Bonchev–Trinajstić information content (AvgIpc) is 3.40. The lowest BCUT2D eigenvalue weighted by molar-refractivity contribution is 0.408. The Hall–Kier alpha value is -0.570. The van der Waals surface area contributed by atoms with Crippen LogP contribution >= 0.6 is 0 Å². The molecule has 1 rings (SSSR count). The van der Waals surface area contributed by atoms with Gasteiger partial charge in [-0.15, -0.1) is 0 Å². The second-order valence-electron chi connectivity index (χ2n) is 14.2. The molecule has 0 spiro atoms. The molecule has 1 aliphatic heterocycles. The molecule has 0 radical (unpaired) electrons. The predicted octanol–water partition coefficient (Wildman–Crippen LogP) is 12.9. The topological polar surface area (TPSA) is 41.6 Å². The largest absolute Gasteiger partial charge is 0.357 e. The van der Waals surface area contributed by atoms with Crippen molar-refractivity contribution >= 4 is 5.84 Å². The predicted molar refractivity (Wildman–Crippen MR) is 196 cm³/mol. The summed E-state index contributed by atoms with van der Waals surface area (Å²) in [5.41, 5.74) is 5.95. The molecule has 2 N–H and O–H groups in total. The Morgan fingerprint density at radius 2 is 0.814 bits per heavy atom. The molecule has 0 aliphatic carbocycles. The fraction of sp³-hybridized carbons (Fsp3) is 0.975. The van der Waals surface area contributed by atoms with E-state index in [2.05, 4.69) is 18.7 Å². The van der Waals surface area contributed by atoms with E-state index in [9.17, 15) is 0 Å². The number of aliphatic imine (C=N–C) groups is 1. The van der Waals surface area contributed by atoms with Crippen molar-refractivity contribution in [2.45, 2.75) is 232 Å². The van der Waals surface area contributed by atoms with Gasteiger partial charge in [0, 0.05) is 26.1 Å². The van der Waals surface area contributed by atoms with Crippen LogP contribution in [0.3, 0.4) is 0 Å². The number of nitrogens with two attached hydrogens (primary N) is 1. The van der Waals surface area contributed by atoms with Gasteiger partial charge in [-0.2, -0.15) is 0 Å². The molecule has 1 aliphatic rings. The zero-order valence-corrected chi connectivity index (χ0v) is 30.0. The van der Waals surface area contributed by atoms with Crippen molar-refractivity contribution < 1.29 is 0 Å². The van der Waals surface area contributed by atoms with Gasteiger partial charge in [-0.05, 0) is 12.8 Å². The molecule has 0 fully saturated rings. The molecule has 0 aromatic carbocycles. The van der Waals surface area contributed by atoms with Crippen LogP contribution in [-0.2, 0) is 0 Å². The highest BCUT2D eigenvalue weighted by atomic mass is 15.3. The van der Waals surface area contributed by atoms with Gasteiger partial charge in [-0.1, -0.05) is 206 Å². The van der Waals surface area contributed by atoms with Gasteiger partial charge in [-0.3, -0.25) is 4.99 Å². The molecule has 0 bridgehead atoms. The molecular weight excluding hydrogens is 522 g/mol. The average molecular weight is 604 g/mol. The van der Waals surface area contributed by atoms with Crippen molar-refractivity contribution in [3.05, 3.63) is 0 Å². The third-order valence-corrected chi connectivity index (χ3v) is 9.92. The van der Waals surface area contributed by atoms with E-state index in [0.717, 1.165) is 19.6 Å². The van der Waals surface area contributed by atoms with Gasteiger partial charge in [-0.25, -0.2) is 0 Å². The summed E-state index contributed by atoms with van der Waals surface area (Å²) in [5, 5.41) is 0. The summed E-state index contributed by atoms with van der Waals surface area (Å²) in [5.74, 6) is 1.38. The van der Waals surface area contributed by atoms with E-state index in [-0.39, 0.29) is 0 Å². The molecule has 1 unspecified atom stereocenters. The highest BCUT2D eigenvalue weighted by molar-refractivity contribution is 5.84. The number of nitrogens with zero attached hydrogens (tertiary/aromatic N) is 2. The normalized spacial score (nSPS) is 15.1. The van der Waals surface area contributed by atoms with E-state index in [4.69, 9.17) is 10.7 Å². The monoisotopic (exact) mass is 604 g/mol. The first kappa shape index (κ1) is 40.5. The van der Waals surface area contributed by atoms with Crippen LogP contribution in [0, 0.1) is 0 Å². The minimum Gasteiger partial charge on any atom is -0.357 e. The second kappa shape index (κ2) is 32.8. The summed E-state index contributed by atoms with van der Waals surface area (Å²) in [6.07, 6.45) is 47.0. The minimum atomic E-state index is 0.532. The van der Waals surface area contributed by atoms with E-state index < -0.39 is 0 Å². The van der Waals surface area contributed by atoms with E-state index in [1.165, 1.54) is 218 Å². The Bertz CT molecular complexity index is 574. The zero-order chi connectivity index (χ0) is 30.9. The third kappa shape index (κ3) is 26.4. The number of hydrogen-bond acceptors (Lipinski definition) is 3. The van der Waals surface area contributed by atoms with Crippen LogP contribution in [0.1, 0.15) is 226 Å². The molecule has 0 aromatic rings. The van der Waals surface area contributed by atoms with E-state index in [1.807, 2.05) is 0 Å². The second-order valence-corrected chi connectivity index (χ2v) is 14.2. The van der Waals surface area contributed by atoms with Crippen LogP contribution in [-0.4, -0.2) is 36.4 Å². The summed E-state index contributed by atoms with van der Waals surface area (Å²) < 4.78 is 0. The first-order chi connectivity index (χ1) is 21.3. The highest BCUT2D eigenvalue weighted by Gasteiger charge is 2.23. The van der Waals surface area contributed by atoms with Crippen LogP contribution in [0.4, 0.5) is 0 Å². The highest BCUT2D eigenvalue weighted by Crippen LogP contribution is 2.20. The Morgan fingerprint density at radius 1 is 0.488 bits per heavy atom. The quantitative estimate of drug-likeness (QED) is 0.0732. The van der Waals surface area contributed by atoms with Gasteiger partial charge in [0.1, 0.15) is 0 Å². The SMILES string of the molecule is CCCCCCCCCCCCCCCCCCC1CN(CCN)C(CCCCCCCCCCCCCCCCC)=N1. The van der Waals surface area contributed by atoms with Gasteiger partial charge in [0.15, 0.2) is 0 Å². The van der Waals surface area contributed by atoms with Gasteiger partial charge in [0.25, 0.3) is 0 Å². The zero-order valence-electron chi connectivity index (χ0n) is 30.0. The lowest BCUT2D eigenvalue weighted by Crippen LogP contribution is -2.34. The van der Waals surface area contributed by atoms with Crippen LogP contribution in [0.2, 0.25) is 0 Å². The number of amidine groups is 1. The maximum atomic E-state index is 5.95. The van der Waals surface area contributed by atoms with Crippen molar-refractivity contribution in [2.24, 2.45) is 10.7 Å². The summed E-state index contributed by atoms with van der Waals surface area (Å²) in [4.78, 5) is 7.70. The van der Waals surface area contributed by atoms with Gasteiger partial charge < -0.3 is 10.6 Å². The fourth-order valence-electron chi connectivity index (χ4n) is 7.03. The fourth-order valence-corrected chi connectivity index (χ4v) is 7.03. The first-order valence-electron chi connectivity index (χ1n) is 20.3. The standard InChI is InChI=1S/C40H81N3/c1-3-5-7-9-11-13-15-17-19-21-22-24-26-28-30-32-34-39-38-43(37-36-41)40(42-39)35-33-31-29-27-25-23-20-18-16-14-12-10-8-6-4-2/h39H,3-38,41H2,1-2H3.